The molecule has 114 valence electrons. The van der Waals surface area contributed by atoms with Gasteiger partial charge in [-0.05, 0) is 6.42 Å². The summed E-state index contributed by atoms with van der Waals surface area (Å²) in [4.78, 5) is 24.5. The highest BCUT2D eigenvalue weighted by Gasteiger charge is 2.50. The molecule has 7 heteroatoms. The van der Waals surface area contributed by atoms with Crippen LogP contribution >= 0.6 is 0 Å². The van der Waals surface area contributed by atoms with Crippen molar-refractivity contribution in [3.8, 4) is 0 Å². The first-order valence-corrected chi connectivity index (χ1v) is 6.78. The molecule has 0 spiro atoms. The van der Waals surface area contributed by atoms with Crippen LogP contribution in [0.5, 0.6) is 0 Å². The maximum atomic E-state index is 12.2. The van der Waals surface area contributed by atoms with Gasteiger partial charge in [0.05, 0.1) is 12.2 Å². The van der Waals surface area contributed by atoms with Crippen molar-refractivity contribution in [3.05, 3.63) is 0 Å². The molecule has 1 heterocycles. The van der Waals surface area contributed by atoms with Crippen molar-refractivity contribution in [1.29, 1.82) is 0 Å². The normalized spacial score (nSPS) is 35.5. The van der Waals surface area contributed by atoms with E-state index in [1.165, 1.54) is 4.90 Å². The van der Waals surface area contributed by atoms with Gasteiger partial charge in [-0.3, -0.25) is 0 Å². The fourth-order valence-corrected chi connectivity index (χ4v) is 3.03. The van der Waals surface area contributed by atoms with Gasteiger partial charge in [0.1, 0.15) is 6.04 Å². The lowest BCUT2D eigenvalue weighted by Crippen LogP contribution is -2.63. The van der Waals surface area contributed by atoms with E-state index in [0.717, 1.165) is 0 Å². The lowest BCUT2D eigenvalue weighted by Gasteiger charge is -2.51. The molecule has 2 aliphatic rings. The first-order chi connectivity index (χ1) is 9.27. The van der Waals surface area contributed by atoms with E-state index in [4.69, 9.17) is 9.84 Å². The first kappa shape index (κ1) is 15.1. The molecule has 0 bridgehead atoms. The van der Waals surface area contributed by atoms with Crippen LogP contribution < -0.4 is 5.32 Å². The number of aliphatic carboxylic acids is 1. The molecule has 2 rings (SSSR count). The Kier molecular flexibility index (Phi) is 3.93. The van der Waals surface area contributed by atoms with E-state index in [2.05, 4.69) is 5.32 Å². The molecule has 1 saturated heterocycles. The average Bonchev–Trinajstić information content (AvgIpc) is 2.76. The van der Waals surface area contributed by atoms with Gasteiger partial charge in [0.2, 0.25) is 0 Å². The highest BCUT2D eigenvalue weighted by molar-refractivity contribution is 5.83. The Morgan fingerprint density at radius 2 is 2.00 bits per heavy atom. The number of methoxy groups -OCH3 is 1. The Hall–Kier alpha value is -1.34. The standard InChI is InChI=1S/C13H22N2O5/c1-13(2)9(5-10(13)20-3)14-12(19)15-6-7(16)4-8(15)11(17)18/h7-10,16H,4-6H2,1-3H3,(H,14,19)(H,17,18)/t7-,8+,9?,10?/m1/s1. The Morgan fingerprint density at radius 1 is 1.35 bits per heavy atom. The summed E-state index contributed by atoms with van der Waals surface area (Å²) in [6.07, 6.45) is 0.108. The summed E-state index contributed by atoms with van der Waals surface area (Å²) in [5, 5.41) is 21.5. The van der Waals surface area contributed by atoms with Crippen molar-refractivity contribution < 1.29 is 24.5 Å². The summed E-state index contributed by atoms with van der Waals surface area (Å²) >= 11 is 0. The van der Waals surface area contributed by atoms with Gasteiger partial charge in [-0.15, -0.1) is 0 Å². The minimum atomic E-state index is -1.08. The Morgan fingerprint density at radius 3 is 2.50 bits per heavy atom. The number of nitrogens with one attached hydrogen (secondary N) is 1. The highest BCUT2D eigenvalue weighted by atomic mass is 16.5. The largest absolute Gasteiger partial charge is 0.480 e. The number of likely N-dealkylation sites (tertiary alicyclic amines) is 1. The number of nitrogens with zero attached hydrogens (tertiary/aromatic N) is 1. The third kappa shape index (κ3) is 2.47. The number of rotatable bonds is 3. The number of hydrogen-bond acceptors (Lipinski definition) is 4. The molecule has 1 saturated carbocycles. The van der Waals surface area contributed by atoms with Crippen LogP contribution in [0, 0.1) is 5.41 Å². The molecular formula is C13H22N2O5. The summed E-state index contributed by atoms with van der Waals surface area (Å²) in [6.45, 7) is 4.07. The molecule has 3 N–H and O–H groups in total. The van der Waals surface area contributed by atoms with Gasteiger partial charge in [0, 0.05) is 31.5 Å². The molecule has 7 nitrogen and oxygen atoms in total. The Bertz CT molecular complexity index is 412. The molecule has 0 aromatic rings. The van der Waals surface area contributed by atoms with Gasteiger partial charge >= 0.3 is 12.0 Å². The molecule has 20 heavy (non-hydrogen) atoms. The second-order valence-electron chi connectivity index (χ2n) is 6.18. The number of β-amino-alcohol motifs (C(OH)–C–C–N with tert-alkyl or cyclic N) is 1. The molecule has 1 aliphatic heterocycles. The van der Waals surface area contributed by atoms with Crippen LogP contribution in [-0.4, -0.2) is 65.1 Å². The van der Waals surface area contributed by atoms with Crippen molar-refractivity contribution in [2.24, 2.45) is 5.41 Å². The van der Waals surface area contributed by atoms with E-state index in [-0.39, 0.29) is 30.5 Å². The smallest absolute Gasteiger partial charge is 0.326 e. The molecule has 2 fully saturated rings. The lowest BCUT2D eigenvalue weighted by atomic mass is 9.64. The van der Waals surface area contributed by atoms with Crippen molar-refractivity contribution in [1.82, 2.24) is 10.2 Å². The molecule has 1 aliphatic carbocycles. The first-order valence-electron chi connectivity index (χ1n) is 6.78. The summed E-state index contributed by atoms with van der Waals surface area (Å²) in [5.41, 5.74) is -0.179. The van der Waals surface area contributed by atoms with Crippen molar-refractivity contribution in [2.75, 3.05) is 13.7 Å². The predicted octanol–water partition coefficient (Wildman–Crippen LogP) is 0.0293. The molecule has 0 aromatic carbocycles. The minimum Gasteiger partial charge on any atom is -0.480 e. The zero-order valence-electron chi connectivity index (χ0n) is 12.0. The third-order valence-electron chi connectivity index (χ3n) is 4.58. The summed E-state index contributed by atoms with van der Waals surface area (Å²) in [5.74, 6) is -1.08. The van der Waals surface area contributed by atoms with E-state index >= 15 is 0 Å². The molecular weight excluding hydrogens is 264 g/mol. The number of carboxylic acid groups (broad SMARTS) is 1. The molecule has 2 unspecified atom stereocenters. The van der Waals surface area contributed by atoms with Gasteiger partial charge < -0.3 is 25.2 Å². The second kappa shape index (κ2) is 5.21. The second-order valence-corrected chi connectivity index (χ2v) is 6.18. The number of amides is 2. The highest BCUT2D eigenvalue weighted by Crippen LogP contribution is 2.42. The SMILES string of the molecule is COC1CC(NC(=O)N2C[C@H](O)C[C@H]2C(=O)O)C1(C)C. The maximum Gasteiger partial charge on any atom is 0.326 e. The Labute approximate surface area is 117 Å². The third-order valence-corrected chi connectivity index (χ3v) is 4.58. The number of carbonyl (C=O) groups excluding carboxylic acids is 1. The molecule has 2 amide bonds. The van der Waals surface area contributed by atoms with Gasteiger partial charge in [-0.2, -0.15) is 0 Å². The monoisotopic (exact) mass is 286 g/mol. The van der Waals surface area contributed by atoms with Gasteiger partial charge in [0.15, 0.2) is 0 Å². The van der Waals surface area contributed by atoms with Gasteiger partial charge in [-0.25, -0.2) is 9.59 Å². The number of carbonyl (C=O) groups is 2. The molecule has 4 atom stereocenters. The minimum absolute atomic E-state index is 0.0489. The summed E-state index contributed by atoms with van der Waals surface area (Å²) in [6, 6.07) is -1.43. The van der Waals surface area contributed by atoms with Gasteiger partial charge in [0.25, 0.3) is 0 Å². The Balaban J connectivity index is 1.97. The van der Waals surface area contributed by atoms with Crippen LogP contribution in [0.25, 0.3) is 0 Å². The lowest BCUT2D eigenvalue weighted by molar-refractivity contribution is -0.141. The fourth-order valence-electron chi connectivity index (χ4n) is 3.03. The van der Waals surface area contributed by atoms with E-state index in [9.17, 15) is 14.7 Å². The van der Waals surface area contributed by atoms with Crippen LogP contribution in [0.2, 0.25) is 0 Å². The van der Waals surface area contributed by atoms with E-state index < -0.39 is 24.1 Å². The average molecular weight is 286 g/mol. The van der Waals surface area contributed by atoms with Crippen LogP contribution in [0.15, 0.2) is 0 Å². The number of aliphatic hydroxyl groups is 1. The quantitative estimate of drug-likeness (QED) is 0.680. The van der Waals surface area contributed by atoms with Crippen molar-refractivity contribution >= 4 is 12.0 Å². The zero-order chi connectivity index (χ0) is 15.1. The summed E-state index contributed by atoms with van der Waals surface area (Å²) < 4.78 is 5.32. The van der Waals surface area contributed by atoms with E-state index in [1.54, 1.807) is 7.11 Å². The van der Waals surface area contributed by atoms with Gasteiger partial charge in [-0.1, -0.05) is 13.8 Å². The van der Waals surface area contributed by atoms with Crippen LogP contribution in [0.1, 0.15) is 26.7 Å². The number of aliphatic hydroxyl groups excluding tert-OH is 1. The van der Waals surface area contributed by atoms with Crippen LogP contribution in [0.3, 0.4) is 0 Å². The number of carboxylic acids is 1. The molecule has 0 aromatic heterocycles. The zero-order valence-corrected chi connectivity index (χ0v) is 12.0. The number of hydrogen-bond donors (Lipinski definition) is 3. The van der Waals surface area contributed by atoms with Crippen molar-refractivity contribution in [3.63, 3.8) is 0 Å². The van der Waals surface area contributed by atoms with Crippen LogP contribution in [-0.2, 0) is 9.53 Å². The topological polar surface area (TPSA) is 99.1 Å². The number of ether oxygens (including phenoxy) is 1. The summed E-state index contributed by atoms with van der Waals surface area (Å²) in [7, 11) is 1.64. The maximum absolute atomic E-state index is 12.2. The van der Waals surface area contributed by atoms with E-state index in [1.807, 2.05) is 13.8 Å². The molecule has 0 radical (unpaired) electrons. The fraction of sp³-hybridized carbons (Fsp3) is 0.846. The van der Waals surface area contributed by atoms with E-state index in [0.29, 0.717) is 6.42 Å². The van der Waals surface area contributed by atoms with Crippen molar-refractivity contribution in [2.45, 2.75) is 51.0 Å². The predicted molar refractivity (Wildman–Crippen MR) is 70.3 cm³/mol. The van der Waals surface area contributed by atoms with Crippen LogP contribution in [0.4, 0.5) is 4.79 Å². The number of urea groups is 1.